The number of hydrogen-bond donors (Lipinski definition) is 2. The summed E-state index contributed by atoms with van der Waals surface area (Å²) in [6.07, 6.45) is -1.79. The van der Waals surface area contributed by atoms with E-state index >= 15 is 0 Å². The molecule has 1 fully saturated rings. The van der Waals surface area contributed by atoms with Crippen LogP contribution in [0.3, 0.4) is 0 Å². The summed E-state index contributed by atoms with van der Waals surface area (Å²) in [5, 5.41) is 10.9. The zero-order chi connectivity index (χ0) is 17.0. The number of alkyl halides is 3. The number of carbonyl (C=O) groups is 2. The number of carbonyl (C=O) groups excluding carboxylic acids is 1. The summed E-state index contributed by atoms with van der Waals surface area (Å²) in [7, 11) is 0. The molecular weight excluding hydrogens is 317 g/mol. The van der Waals surface area contributed by atoms with Crippen molar-refractivity contribution in [2.24, 2.45) is 0 Å². The molecule has 1 heterocycles. The first-order valence-electron chi connectivity index (χ1n) is 6.99. The summed E-state index contributed by atoms with van der Waals surface area (Å²) >= 11 is 0. The van der Waals surface area contributed by atoms with Crippen LogP contribution in [0.5, 0.6) is 5.88 Å². The van der Waals surface area contributed by atoms with E-state index in [0.29, 0.717) is 31.9 Å². The van der Waals surface area contributed by atoms with Gasteiger partial charge in [0, 0.05) is 18.3 Å². The van der Waals surface area contributed by atoms with E-state index in [0.717, 1.165) is 6.07 Å². The summed E-state index contributed by atoms with van der Waals surface area (Å²) in [6, 6.07) is 1.83. The number of rotatable bonds is 3. The van der Waals surface area contributed by atoms with Crippen LogP contribution in [-0.4, -0.2) is 34.1 Å². The van der Waals surface area contributed by atoms with E-state index in [1.54, 1.807) is 0 Å². The van der Waals surface area contributed by atoms with Gasteiger partial charge in [-0.25, -0.2) is 9.78 Å². The fourth-order valence-electron chi connectivity index (χ4n) is 2.36. The molecule has 1 amide bonds. The second-order valence-electron chi connectivity index (χ2n) is 5.25. The van der Waals surface area contributed by atoms with E-state index in [1.165, 1.54) is 6.07 Å². The molecule has 1 saturated carbocycles. The Morgan fingerprint density at radius 1 is 1.22 bits per heavy atom. The molecule has 0 saturated heterocycles. The second kappa shape index (κ2) is 6.84. The maximum atomic E-state index is 12.4. The van der Waals surface area contributed by atoms with Crippen molar-refractivity contribution >= 4 is 11.9 Å². The average molecular weight is 332 g/mol. The second-order valence-corrected chi connectivity index (χ2v) is 5.25. The van der Waals surface area contributed by atoms with Crippen molar-refractivity contribution in [1.29, 1.82) is 0 Å². The number of amides is 1. The van der Waals surface area contributed by atoms with Gasteiger partial charge in [0.1, 0.15) is 6.10 Å². The molecule has 2 rings (SSSR count). The van der Waals surface area contributed by atoms with Crippen molar-refractivity contribution in [2.45, 2.75) is 44.0 Å². The molecule has 2 N–H and O–H groups in total. The summed E-state index contributed by atoms with van der Waals surface area (Å²) < 4.78 is 42.8. The largest absolute Gasteiger partial charge is 0.474 e. The molecule has 1 aliphatic rings. The lowest BCUT2D eigenvalue weighted by Gasteiger charge is -2.28. The normalized spacial score (nSPS) is 21.5. The van der Waals surface area contributed by atoms with E-state index in [9.17, 15) is 22.8 Å². The first-order chi connectivity index (χ1) is 10.8. The van der Waals surface area contributed by atoms with Gasteiger partial charge in [0.25, 0.3) is 0 Å². The number of pyridine rings is 1. The third-order valence-electron chi connectivity index (χ3n) is 3.55. The zero-order valence-corrected chi connectivity index (χ0v) is 12.0. The molecule has 6 nitrogen and oxygen atoms in total. The van der Waals surface area contributed by atoms with Gasteiger partial charge >= 0.3 is 18.1 Å². The number of nitrogens with one attached hydrogen (secondary N) is 1. The van der Waals surface area contributed by atoms with Gasteiger partial charge in [0.15, 0.2) is 0 Å². The van der Waals surface area contributed by atoms with Crippen LogP contribution < -0.4 is 10.1 Å². The van der Waals surface area contributed by atoms with E-state index in [1.807, 2.05) is 0 Å². The summed E-state index contributed by atoms with van der Waals surface area (Å²) in [5.74, 6) is -2.47. The first kappa shape index (κ1) is 17.0. The average Bonchev–Trinajstić information content (AvgIpc) is 2.49. The van der Waals surface area contributed by atoms with E-state index in [-0.39, 0.29) is 18.0 Å². The molecule has 9 heteroatoms. The van der Waals surface area contributed by atoms with Crippen molar-refractivity contribution in [3.8, 4) is 5.88 Å². The third kappa shape index (κ3) is 4.83. The number of nitrogens with zero attached hydrogens (tertiary/aromatic N) is 1. The highest BCUT2D eigenvalue weighted by Crippen LogP contribution is 2.30. The van der Waals surface area contributed by atoms with Crippen molar-refractivity contribution < 1.29 is 32.6 Å². The van der Waals surface area contributed by atoms with Gasteiger partial charge in [-0.1, -0.05) is 0 Å². The van der Waals surface area contributed by atoms with Crippen LogP contribution in [0.2, 0.25) is 0 Å². The Kier molecular flexibility index (Phi) is 5.07. The highest BCUT2D eigenvalue weighted by molar-refractivity contribution is 6.31. The molecule has 0 atom stereocenters. The van der Waals surface area contributed by atoms with E-state index in [4.69, 9.17) is 9.84 Å². The van der Waals surface area contributed by atoms with Gasteiger partial charge in [-0.15, -0.1) is 0 Å². The number of aromatic nitrogens is 1. The van der Waals surface area contributed by atoms with Gasteiger partial charge in [0.2, 0.25) is 5.88 Å². The lowest BCUT2D eigenvalue weighted by molar-refractivity contribution is -0.150. The Labute approximate surface area is 129 Å². The van der Waals surface area contributed by atoms with Crippen LogP contribution in [0.4, 0.5) is 13.2 Å². The number of hydrogen-bond acceptors (Lipinski definition) is 4. The predicted molar refractivity (Wildman–Crippen MR) is 71.7 cm³/mol. The molecular formula is C14H15F3N2O4. The molecule has 1 aromatic heterocycles. The van der Waals surface area contributed by atoms with Gasteiger partial charge in [-0.2, -0.15) is 13.2 Å². The lowest BCUT2D eigenvalue weighted by atomic mass is 9.93. The topological polar surface area (TPSA) is 88.5 Å². The Morgan fingerprint density at radius 2 is 1.87 bits per heavy atom. The van der Waals surface area contributed by atoms with Crippen LogP contribution in [0.15, 0.2) is 18.3 Å². The Morgan fingerprint density at radius 3 is 2.35 bits per heavy atom. The fourth-order valence-corrected chi connectivity index (χ4v) is 2.36. The van der Waals surface area contributed by atoms with E-state index < -0.39 is 23.6 Å². The molecule has 0 aromatic carbocycles. The van der Waals surface area contributed by atoms with Gasteiger partial charge in [0.05, 0.1) is 5.56 Å². The molecule has 0 unspecified atom stereocenters. The van der Waals surface area contributed by atoms with Gasteiger partial charge in [-0.3, -0.25) is 4.79 Å². The molecule has 23 heavy (non-hydrogen) atoms. The Balaban J connectivity index is 1.82. The van der Waals surface area contributed by atoms with Crippen LogP contribution in [0.1, 0.15) is 31.2 Å². The number of carboxylic acid groups (broad SMARTS) is 1. The summed E-state index contributed by atoms with van der Waals surface area (Å²) in [5.41, 5.74) is -0.843. The number of carboxylic acids is 1. The summed E-state index contributed by atoms with van der Waals surface area (Å²) in [6.45, 7) is 0. The molecule has 1 aromatic rings. The van der Waals surface area contributed by atoms with Crippen molar-refractivity contribution in [2.75, 3.05) is 0 Å². The molecule has 126 valence electrons. The standard InChI is InChI=1S/C14H15F3N2O4/c15-14(16,17)8-1-6-11(18-7-8)23-10-4-2-9(3-5-10)19-12(20)13(21)22/h1,6-7,9-10H,2-5H2,(H,19,20)(H,21,22). The van der Waals surface area contributed by atoms with Crippen LogP contribution >= 0.6 is 0 Å². The fraction of sp³-hybridized carbons (Fsp3) is 0.500. The van der Waals surface area contributed by atoms with E-state index in [2.05, 4.69) is 10.3 Å². The predicted octanol–water partition coefficient (Wildman–Crippen LogP) is 1.99. The number of aliphatic carboxylic acids is 1. The SMILES string of the molecule is O=C(O)C(=O)NC1CCC(Oc2ccc(C(F)(F)F)cn2)CC1. The van der Waals surface area contributed by atoms with Gasteiger partial charge < -0.3 is 15.2 Å². The Bertz CT molecular complexity index is 566. The molecule has 0 aliphatic heterocycles. The number of halogens is 3. The third-order valence-corrected chi connectivity index (χ3v) is 3.55. The Hall–Kier alpha value is -2.32. The van der Waals surface area contributed by atoms with Crippen molar-refractivity contribution in [3.63, 3.8) is 0 Å². The van der Waals surface area contributed by atoms with Crippen LogP contribution in [0.25, 0.3) is 0 Å². The molecule has 1 aliphatic carbocycles. The monoisotopic (exact) mass is 332 g/mol. The lowest BCUT2D eigenvalue weighted by Crippen LogP contribution is -2.42. The molecule has 0 radical (unpaired) electrons. The highest BCUT2D eigenvalue weighted by Gasteiger charge is 2.31. The zero-order valence-electron chi connectivity index (χ0n) is 12.0. The molecule has 0 bridgehead atoms. The summed E-state index contributed by atoms with van der Waals surface area (Å²) in [4.78, 5) is 25.1. The maximum absolute atomic E-state index is 12.4. The van der Waals surface area contributed by atoms with Crippen LogP contribution in [0, 0.1) is 0 Å². The highest BCUT2D eigenvalue weighted by atomic mass is 19.4. The number of ether oxygens (including phenoxy) is 1. The quantitative estimate of drug-likeness (QED) is 0.827. The van der Waals surface area contributed by atoms with Gasteiger partial charge in [-0.05, 0) is 31.7 Å². The minimum Gasteiger partial charge on any atom is -0.474 e. The van der Waals surface area contributed by atoms with Crippen molar-refractivity contribution in [1.82, 2.24) is 10.3 Å². The van der Waals surface area contributed by atoms with Crippen molar-refractivity contribution in [3.05, 3.63) is 23.9 Å². The minimum absolute atomic E-state index is 0.107. The van der Waals surface area contributed by atoms with Crippen LogP contribution in [-0.2, 0) is 15.8 Å². The molecule has 0 spiro atoms. The first-order valence-corrected chi connectivity index (χ1v) is 6.99. The minimum atomic E-state index is -4.44. The smallest absolute Gasteiger partial charge is 0.417 e. The maximum Gasteiger partial charge on any atom is 0.417 e.